The van der Waals surface area contributed by atoms with Gasteiger partial charge in [0.2, 0.25) is 5.97 Å². The molecule has 1 heterocycles. The zero-order valence-electron chi connectivity index (χ0n) is 8.09. The third kappa shape index (κ3) is 1.24. The molecule has 0 bridgehead atoms. The molecule has 0 amide bonds. The second kappa shape index (κ2) is 2.87. The van der Waals surface area contributed by atoms with Gasteiger partial charge in [0, 0.05) is 11.1 Å². The molecule has 1 aromatic rings. The van der Waals surface area contributed by atoms with Crippen LogP contribution in [0.3, 0.4) is 0 Å². The van der Waals surface area contributed by atoms with Crippen LogP contribution in [-0.2, 0) is 0 Å². The van der Waals surface area contributed by atoms with Gasteiger partial charge in [0.25, 0.3) is 0 Å². The second-order valence-corrected chi connectivity index (χ2v) is 4.01. The Bertz CT molecular complexity index is 396. The van der Waals surface area contributed by atoms with E-state index in [9.17, 15) is 8.78 Å². The second-order valence-electron chi connectivity index (χ2n) is 4.01. The van der Waals surface area contributed by atoms with Gasteiger partial charge in [0.15, 0.2) is 6.17 Å². The highest BCUT2D eigenvalue weighted by Gasteiger charge is 2.37. The van der Waals surface area contributed by atoms with Gasteiger partial charge in [0.05, 0.1) is 5.54 Å². The van der Waals surface area contributed by atoms with Crippen molar-refractivity contribution < 1.29 is 8.78 Å². The van der Waals surface area contributed by atoms with E-state index in [-0.39, 0.29) is 5.56 Å². The summed E-state index contributed by atoms with van der Waals surface area (Å²) in [5.41, 5.74) is -0.331. The largest absolute Gasteiger partial charge is 0.248 e. The predicted molar refractivity (Wildman–Crippen MR) is 52.0 cm³/mol. The highest BCUT2D eigenvalue weighted by molar-refractivity contribution is 5.96. The van der Waals surface area contributed by atoms with Crippen LogP contribution in [0, 0.1) is 0 Å². The third-order valence-corrected chi connectivity index (χ3v) is 2.46. The van der Waals surface area contributed by atoms with Crippen molar-refractivity contribution >= 4 is 5.97 Å². The van der Waals surface area contributed by atoms with E-state index in [1.807, 2.05) is 0 Å². The molecule has 0 spiro atoms. The number of halogens is 2. The van der Waals surface area contributed by atoms with Gasteiger partial charge in [-0.3, -0.25) is 0 Å². The molecule has 1 aromatic carbocycles. The van der Waals surface area contributed by atoms with Crippen molar-refractivity contribution in [2.45, 2.75) is 25.6 Å². The molecule has 1 nitrogen and oxygen atoms in total. The van der Waals surface area contributed by atoms with Gasteiger partial charge >= 0.3 is 0 Å². The Kier molecular flexibility index (Phi) is 1.91. The highest BCUT2D eigenvalue weighted by atomic mass is 19.1. The summed E-state index contributed by atoms with van der Waals surface area (Å²) in [6.45, 7) is 3.18. The molecule has 0 aromatic heterocycles. The molecular formula is C11H11F2N. The molecule has 0 saturated carbocycles. The molecule has 0 radical (unpaired) electrons. The van der Waals surface area contributed by atoms with E-state index in [1.54, 1.807) is 38.1 Å². The maximum absolute atomic E-state index is 13.9. The lowest BCUT2D eigenvalue weighted by Gasteiger charge is -2.29. The molecule has 0 fully saturated rings. The summed E-state index contributed by atoms with van der Waals surface area (Å²) in [6.07, 6.45) is -1.24. The molecule has 74 valence electrons. The topological polar surface area (TPSA) is 12.4 Å². The Hall–Kier alpha value is -1.25. The molecule has 0 aliphatic carbocycles. The molecule has 3 heteroatoms. The van der Waals surface area contributed by atoms with Crippen molar-refractivity contribution in [2.24, 2.45) is 4.99 Å². The molecule has 14 heavy (non-hydrogen) atoms. The minimum atomic E-state index is -1.24. The van der Waals surface area contributed by atoms with Gasteiger partial charge in [-0.2, -0.15) is 4.39 Å². The van der Waals surface area contributed by atoms with Crippen LogP contribution in [0.1, 0.15) is 31.1 Å². The standard InChI is InChI=1S/C11H11F2N/c1-11(2)9(12)7-5-3-4-6-8(7)10(13)14-11/h3-6,9H,1-2H3. The number of nitrogens with zero attached hydrogens (tertiary/aromatic N) is 1. The van der Waals surface area contributed by atoms with Crippen LogP contribution in [-0.4, -0.2) is 11.5 Å². The van der Waals surface area contributed by atoms with Crippen molar-refractivity contribution in [3.8, 4) is 0 Å². The van der Waals surface area contributed by atoms with Gasteiger partial charge < -0.3 is 0 Å². The van der Waals surface area contributed by atoms with Crippen molar-refractivity contribution in [3.63, 3.8) is 0 Å². The van der Waals surface area contributed by atoms with E-state index in [1.165, 1.54) is 0 Å². The summed E-state index contributed by atoms with van der Waals surface area (Å²) < 4.78 is 27.3. The maximum atomic E-state index is 13.9. The van der Waals surface area contributed by atoms with Crippen LogP contribution in [0.15, 0.2) is 29.3 Å². The summed E-state index contributed by atoms with van der Waals surface area (Å²) in [6, 6.07) is 6.55. The fraction of sp³-hybridized carbons (Fsp3) is 0.364. The van der Waals surface area contributed by atoms with E-state index in [0.717, 1.165) is 0 Å². The van der Waals surface area contributed by atoms with Gasteiger partial charge in [0.1, 0.15) is 0 Å². The number of aliphatic imine (C=N–C) groups is 1. The number of benzene rings is 1. The maximum Gasteiger partial charge on any atom is 0.216 e. The molecule has 0 saturated heterocycles. The van der Waals surface area contributed by atoms with Gasteiger partial charge in [-0.15, -0.1) is 0 Å². The van der Waals surface area contributed by atoms with E-state index >= 15 is 0 Å². The Morgan fingerprint density at radius 3 is 2.64 bits per heavy atom. The summed E-state index contributed by atoms with van der Waals surface area (Å²) >= 11 is 0. The summed E-state index contributed by atoms with van der Waals surface area (Å²) in [5.74, 6) is -0.570. The lowest BCUT2D eigenvalue weighted by Crippen LogP contribution is -2.30. The fourth-order valence-electron chi connectivity index (χ4n) is 1.66. The lowest BCUT2D eigenvalue weighted by atomic mass is 9.87. The minimum absolute atomic E-state index is 0.277. The van der Waals surface area contributed by atoms with Gasteiger partial charge in [-0.25, -0.2) is 9.38 Å². The van der Waals surface area contributed by atoms with Crippen LogP contribution in [0.2, 0.25) is 0 Å². The van der Waals surface area contributed by atoms with Crippen LogP contribution in [0.4, 0.5) is 8.78 Å². The zero-order chi connectivity index (χ0) is 10.3. The third-order valence-electron chi connectivity index (χ3n) is 2.46. The average molecular weight is 195 g/mol. The number of hydrogen-bond acceptors (Lipinski definition) is 1. The molecule has 1 aliphatic heterocycles. The highest BCUT2D eigenvalue weighted by Crippen LogP contribution is 2.38. The van der Waals surface area contributed by atoms with E-state index < -0.39 is 17.7 Å². The van der Waals surface area contributed by atoms with Crippen molar-refractivity contribution in [1.82, 2.24) is 0 Å². The number of hydrogen-bond donors (Lipinski definition) is 0. The molecular weight excluding hydrogens is 184 g/mol. The number of rotatable bonds is 0. The first kappa shape index (κ1) is 9.31. The van der Waals surface area contributed by atoms with E-state index in [4.69, 9.17) is 0 Å². The molecule has 0 N–H and O–H groups in total. The van der Waals surface area contributed by atoms with Crippen molar-refractivity contribution in [3.05, 3.63) is 35.4 Å². The Morgan fingerprint density at radius 1 is 1.29 bits per heavy atom. The zero-order valence-corrected chi connectivity index (χ0v) is 8.09. The Labute approximate surface area is 81.5 Å². The van der Waals surface area contributed by atoms with Crippen LogP contribution in [0.5, 0.6) is 0 Å². The Morgan fingerprint density at radius 2 is 1.93 bits per heavy atom. The molecule has 1 aliphatic rings. The molecule has 2 rings (SSSR count). The summed E-state index contributed by atoms with van der Waals surface area (Å²) in [4.78, 5) is 3.71. The first-order valence-corrected chi connectivity index (χ1v) is 4.51. The van der Waals surface area contributed by atoms with Crippen molar-refractivity contribution in [2.75, 3.05) is 0 Å². The van der Waals surface area contributed by atoms with Crippen LogP contribution in [0.25, 0.3) is 0 Å². The smallest absolute Gasteiger partial charge is 0.216 e. The van der Waals surface area contributed by atoms with E-state index in [0.29, 0.717) is 5.56 Å². The number of fused-ring (bicyclic) bond motifs is 1. The summed E-state index contributed by atoms with van der Waals surface area (Å²) in [5, 5.41) is 0. The van der Waals surface area contributed by atoms with Gasteiger partial charge in [-0.05, 0) is 13.8 Å². The number of alkyl halides is 1. The van der Waals surface area contributed by atoms with Crippen LogP contribution >= 0.6 is 0 Å². The van der Waals surface area contributed by atoms with Crippen LogP contribution < -0.4 is 0 Å². The first-order chi connectivity index (χ1) is 6.52. The fourth-order valence-corrected chi connectivity index (χ4v) is 1.66. The normalized spacial score (nSPS) is 24.0. The summed E-state index contributed by atoms with van der Waals surface area (Å²) in [7, 11) is 0. The first-order valence-electron chi connectivity index (χ1n) is 4.51. The van der Waals surface area contributed by atoms with Crippen molar-refractivity contribution in [1.29, 1.82) is 0 Å². The Balaban J connectivity index is 2.63. The lowest BCUT2D eigenvalue weighted by molar-refractivity contribution is 0.219. The quantitative estimate of drug-likeness (QED) is 0.602. The predicted octanol–water partition coefficient (Wildman–Crippen LogP) is 3.21. The van der Waals surface area contributed by atoms with E-state index in [2.05, 4.69) is 4.99 Å². The molecule has 1 unspecified atom stereocenters. The van der Waals surface area contributed by atoms with Gasteiger partial charge in [-0.1, -0.05) is 24.3 Å². The average Bonchev–Trinajstić information content (AvgIpc) is 2.14. The minimum Gasteiger partial charge on any atom is -0.248 e. The SMILES string of the molecule is CC1(C)N=C(F)c2ccccc2C1F. The molecule has 1 atom stereocenters. The monoisotopic (exact) mass is 195 g/mol.